The molecule has 2 rings (SSSR count). The fraction of sp³-hybridized carbons (Fsp3) is 0.739. The Balaban J connectivity index is 2.32. The molecule has 164 valence electrons. The summed E-state index contributed by atoms with van der Waals surface area (Å²) in [5, 5.41) is 0. The van der Waals surface area contributed by atoms with Gasteiger partial charge in [-0.25, -0.2) is 0 Å². The monoisotopic (exact) mass is 434 g/mol. The molecule has 1 aliphatic rings. The summed E-state index contributed by atoms with van der Waals surface area (Å²) in [6.45, 7) is 23.9. The molecule has 1 heterocycles. The molecule has 0 aliphatic carbocycles. The molecule has 0 saturated carbocycles. The van der Waals surface area contributed by atoms with Gasteiger partial charge in [-0.3, -0.25) is 0 Å². The molecule has 29 heavy (non-hydrogen) atoms. The summed E-state index contributed by atoms with van der Waals surface area (Å²) >= 11 is 0. The first-order chi connectivity index (χ1) is 13.1. The largest absolute Gasteiger partial charge is 0.488 e. The molecule has 0 amide bonds. The normalized spacial score (nSPS) is 21.2. The van der Waals surface area contributed by atoms with Gasteiger partial charge < -0.3 is 14.0 Å². The molecular formula is C23H43BO3Si2. The van der Waals surface area contributed by atoms with Crippen molar-refractivity contribution in [2.24, 2.45) is 0 Å². The standard InChI is InChI=1S/C23H43BO3Si2/c1-22(2)23(3,4)27-24(26-22)21(25-16-17-28(5,6)7)20(29(8,9)10)18-19-14-12-11-13-15-19/h11-15,20-21H,16-18H2,1-10H3/t20-,21-/m0/s1. The van der Waals surface area contributed by atoms with E-state index in [2.05, 4.69) is 97.3 Å². The van der Waals surface area contributed by atoms with Crippen molar-refractivity contribution in [3.8, 4) is 0 Å². The summed E-state index contributed by atoms with van der Waals surface area (Å²) in [6, 6.07) is 11.9. The molecule has 0 bridgehead atoms. The minimum absolute atomic E-state index is 0.0423. The summed E-state index contributed by atoms with van der Waals surface area (Å²) in [5.41, 5.74) is 1.11. The molecule has 2 atom stereocenters. The van der Waals surface area contributed by atoms with Crippen molar-refractivity contribution in [2.75, 3.05) is 6.61 Å². The highest BCUT2D eigenvalue weighted by atomic mass is 28.3. The van der Waals surface area contributed by atoms with E-state index in [-0.39, 0.29) is 24.3 Å². The van der Waals surface area contributed by atoms with E-state index in [9.17, 15) is 0 Å². The predicted molar refractivity (Wildman–Crippen MR) is 131 cm³/mol. The molecule has 0 unspecified atom stereocenters. The Morgan fingerprint density at radius 2 is 1.41 bits per heavy atom. The Morgan fingerprint density at radius 1 is 0.897 bits per heavy atom. The molecule has 0 N–H and O–H groups in total. The Morgan fingerprint density at radius 3 is 1.86 bits per heavy atom. The van der Waals surface area contributed by atoms with Gasteiger partial charge in [0, 0.05) is 14.7 Å². The maximum absolute atomic E-state index is 6.67. The second-order valence-electron chi connectivity index (χ2n) is 11.9. The van der Waals surface area contributed by atoms with Gasteiger partial charge in [-0.2, -0.15) is 0 Å². The molecule has 0 radical (unpaired) electrons. The van der Waals surface area contributed by atoms with Crippen LogP contribution in [0.15, 0.2) is 30.3 Å². The Kier molecular flexibility index (Phi) is 7.71. The van der Waals surface area contributed by atoms with E-state index < -0.39 is 16.1 Å². The quantitative estimate of drug-likeness (QED) is 0.427. The van der Waals surface area contributed by atoms with Crippen LogP contribution < -0.4 is 0 Å². The van der Waals surface area contributed by atoms with Gasteiger partial charge in [0.15, 0.2) is 0 Å². The fourth-order valence-electron chi connectivity index (χ4n) is 3.69. The number of rotatable bonds is 9. The lowest BCUT2D eigenvalue weighted by molar-refractivity contribution is 0.00578. The first kappa shape index (κ1) is 24.9. The lowest BCUT2D eigenvalue weighted by atomic mass is 9.77. The van der Waals surface area contributed by atoms with Gasteiger partial charge in [0.25, 0.3) is 0 Å². The maximum Gasteiger partial charge on any atom is 0.488 e. The highest BCUT2D eigenvalue weighted by Gasteiger charge is 2.57. The van der Waals surface area contributed by atoms with E-state index in [0.717, 1.165) is 19.1 Å². The molecule has 6 heteroatoms. The van der Waals surface area contributed by atoms with Crippen LogP contribution in [0.3, 0.4) is 0 Å². The van der Waals surface area contributed by atoms with Crippen molar-refractivity contribution in [1.82, 2.24) is 0 Å². The lowest BCUT2D eigenvalue weighted by Gasteiger charge is -2.37. The highest BCUT2D eigenvalue weighted by Crippen LogP contribution is 2.42. The zero-order valence-corrected chi connectivity index (χ0v) is 22.5. The van der Waals surface area contributed by atoms with Gasteiger partial charge in [-0.05, 0) is 51.3 Å². The van der Waals surface area contributed by atoms with Crippen molar-refractivity contribution in [3.63, 3.8) is 0 Å². The average Bonchev–Trinajstić information content (AvgIpc) is 2.76. The van der Waals surface area contributed by atoms with Crippen LogP contribution in [0.25, 0.3) is 0 Å². The van der Waals surface area contributed by atoms with Crippen molar-refractivity contribution in [3.05, 3.63) is 35.9 Å². The minimum atomic E-state index is -1.56. The van der Waals surface area contributed by atoms with Gasteiger partial charge in [0.2, 0.25) is 0 Å². The first-order valence-electron chi connectivity index (χ1n) is 11.1. The Bertz CT molecular complexity index is 634. The zero-order chi connectivity index (χ0) is 22.1. The molecule has 3 nitrogen and oxygen atoms in total. The smallest absolute Gasteiger partial charge is 0.402 e. The molecule has 0 spiro atoms. The molecule has 1 aromatic rings. The van der Waals surface area contributed by atoms with E-state index >= 15 is 0 Å². The number of hydrogen-bond acceptors (Lipinski definition) is 3. The molecular weight excluding hydrogens is 391 g/mol. The van der Waals surface area contributed by atoms with E-state index in [4.69, 9.17) is 14.0 Å². The summed E-state index contributed by atoms with van der Waals surface area (Å²) in [6.07, 6.45) is 1.01. The van der Waals surface area contributed by atoms with E-state index in [1.807, 2.05) is 0 Å². The number of ether oxygens (including phenoxy) is 1. The van der Waals surface area contributed by atoms with Crippen LogP contribution >= 0.6 is 0 Å². The van der Waals surface area contributed by atoms with Crippen molar-refractivity contribution in [2.45, 2.75) is 102 Å². The van der Waals surface area contributed by atoms with Gasteiger partial charge in [-0.1, -0.05) is 69.6 Å². The topological polar surface area (TPSA) is 27.7 Å². The van der Waals surface area contributed by atoms with Crippen LogP contribution in [0, 0.1) is 0 Å². The molecule has 1 aliphatic heterocycles. The average molecular weight is 435 g/mol. The van der Waals surface area contributed by atoms with Gasteiger partial charge in [0.05, 0.1) is 25.3 Å². The molecule has 1 aromatic carbocycles. The van der Waals surface area contributed by atoms with Crippen LogP contribution in [0.2, 0.25) is 50.9 Å². The molecule has 1 saturated heterocycles. The van der Waals surface area contributed by atoms with Gasteiger partial charge >= 0.3 is 7.12 Å². The van der Waals surface area contributed by atoms with Crippen molar-refractivity contribution in [1.29, 1.82) is 0 Å². The van der Waals surface area contributed by atoms with Gasteiger partial charge in [-0.15, -0.1) is 0 Å². The Labute approximate surface area is 182 Å². The Hall–Kier alpha value is -0.401. The van der Waals surface area contributed by atoms with Crippen LogP contribution in [-0.4, -0.2) is 47.1 Å². The summed E-state index contributed by atoms with van der Waals surface area (Å²) < 4.78 is 19.7. The maximum atomic E-state index is 6.67. The van der Waals surface area contributed by atoms with Crippen LogP contribution in [-0.2, 0) is 20.5 Å². The third-order valence-electron chi connectivity index (χ3n) is 6.51. The van der Waals surface area contributed by atoms with Crippen LogP contribution in [0.5, 0.6) is 0 Å². The van der Waals surface area contributed by atoms with Crippen molar-refractivity contribution >= 4 is 23.3 Å². The van der Waals surface area contributed by atoms with E-state index in [1.54, 1.807) is 0 Å². The fourth-order valence-corrected chi connectivity index (χ4v) is 6.51. The van der Waals surface area contributed by atoms with Gasteiger partial charge in [0.1, 0.15) is 0 Å². The first-order valence-corrected chi connectivity index (χ1v) is 18.4. The highest BCUT2D eigenvalue weighted by molar-refractivity contribution is 6.78. The molecule has 0 aromatic heterocycles. The summed E-state index contributed by atoms with van der Waals surface area (Å²) in [5.74, 6) is 0. The minimum Gasteiger partial charge on any atom is -0.402 e. The SMILES string of the molecule is CC1(C)OB([C@@H](OCC[Si](C)(C)C)[C@H](Cc2ccccc2)[Si](C)(C)C)OC1(C)C. The number of benzene rings is 1. The van der Waals surface area contributed by atoms with E-state index in [0.29, 0.717) is 5.54 Å². The zero-order valence-electron chi connectivity index (χ0n) is 20.5. The summed E-state index contributed by atoms with van der Waals surface area (Å²) in [7, 11) is -3.05. The second-order valence-corrected chi connectivity index (χ2v) is 23.0. The van der Waals surface area contributed by atoms with Crippen molar-refractivity contribution < 1.29 is 14.0 Å². The second kappa shape index (κ2) is 8.99. The molecule has 1 fully saturated rings. The summed E-state index contributed by atoms with van der Waals surface area (Å²) in [4.78, 5) is 0. The van der Waals surface area contributed by atoms with Crippen LogP contribution in [0.1, 0.15) is 33.3 Å². The third kappa shape index (κ3) is 6.79. The number of hydrogen-bond donors (Lipinski definition) is 0. The predicted octanol–water partition coefficient (Wildman–Crippen LogP) is 6.29. The van der Waals surface area contributed by atoms with Crippen LogP contribution in [0.4, 0.5) is 0 Å². The lowest BCUT2D eigenvalue weighted by Crippen LogP contribution is -2.49. The van der Waals surface area contributed by atoms with E-state index in [1.165, 1.54) is 5.56 Å². The third-order valence-corrected chi connectivity index (χ3v) is 11.0.